The molecule has 0 radical (unpaired) electrons. The summed E-state index contributed by atoms with van der Waals surface area (Å²) < 4.78 is 5.39. The SMILES string of the molecule is COc1ccc2[nH]c3c(c2c1)CCC[C@H]3NC(=O)CCc1c[nH]c2ccccc12. The van der Waals surface area contributed by atoms with Crippen LogP contribution in [0.1, 0.15) is 42.1 Å². The molecule has 1 atom stereocenters. The molecule has 2 heterocycles. The zero-order valence-electron chi connectivity index (χ0n) is 16.5. The minimum atomic E-state index is 0.0487. The van der Waals surface area contributed by atoms with E-state index in [0.717, 1.165) is 48.2 Å². The quantitative estimate of drug-likeness (QED) is 0.461. The first kappa shape index (κ1) is 17.9. The van der Waals surface area contributed by atoms with Gasteiger partial charge in [0, 0.05) is 40.1 Å². The first-order chi connectivity index (χ1) is 14.2. The minimum Gasteiger partial charge on any atom is -0.497 e. The summed E-state index contributed by atoms with van der Waals surface area (Å²) >= 11 is 0. The van der Waals surface area contributed by atoms with Crippen LogP contribution in [-0.4, -0.2) is 23.0 Å². The maximum atomic E-state index is 12.7. The van der Waals surface area contributed by atoms with Crippen LogP contribution in [0.15, 0.2) is 48.7 Å². The molecule has 5 nitrogen and oxygen atoms in total. The Morgan fingerprint density at radius 1 is 1.17 bits per heavy atom. The summed E-state index contributed by atoms with van der Waals surface area (Å²) in [7, 11) is 1.69. The Labute approximate surface area is 169 Å². The lowest BCUT2D eigenvalue weighted by Crippen LogP contribution is -2.31. The maximum absolute atomic E-state index is 12.7. The maximum Gasteiger partial charge on any atom is 0.220 e. The van der Waals surface area contributed by atoms with Gasteiger partial charge in [0.15, 0.2) is 0 Å². The number of para-hydroxylation sites is 1. The second kappa shape index (κ2) is 7.32. The van der Waals surface area contributed by atoms with Crippen molar-refractivity contribution in [1.82, 2.24) is 15.3 Å². The molecule has 0 bridgehead atoms. The highest BCUT2D eigenvalue weighted by Gasteiger charge is 2.25. The number of carbonyl (C=O) groups excluding carboxylic acids is 1. The standard InChI is InChI=1S/C24H25N3O2/c1-29-16-10-11-21-19(13-16)18-6-4-8-22(24(18)27-21)26-23(28)12-9-15-14-25-20-7-3-2-5-17(15)20/h2-3,5,7,10-11,13-14,22,25,27H,4,6,8-9,12H2,1H3,(H,26,28)/t22-/m1/s1. The van der Waals surface area contributed by atoms with Gasteiger partial charge in [0.05, 0.1) is 13.2 Å². The van der Waals surface area contributed by atoms with E-state index in [1.165, 1.54) is 21.9 Å². The molecular weight excluding hydrogens is 362 g/mol. The van der Waals surface area contributed by atoms with Crippen LogP contribution < -0.4 is 10.1 Å². The molecule has 29 heavy (non-hydrogen) atoms. The van der Waals surface area contributed by atoms with Crippen LogP contribution in [0.5, 0.6) is 5.75 Å². The molecule has 0 fully saturated rings. The van der Waals surface area contributed by atoms with E-state index in [2.05, 4.69) is 39.6 Å². The minimum absolute atomic E-state index is 0.0487. The van der Waals surface area contributed by atoms with Crippen molar-refractivity contribution < 1.29 is 9.53 Å². The van der Waals surface area contributed by atoms with E-state index in [9.17, 15) is 4.79 Å². The molecule has 5 rings (SSSR count). The normalized spacial score (nSPS) is 16.1. The Hall–Kier alpha value is -3.21. The Morgan fingerprint density at radius 2 is 2.07 bits per heavy atom. The summed E-state index contributed by atoms with van der Waals surface area (Å²) in [4.78, 5) is 19.5. The molecule has 1 amide bonds. The molecule has 1 aliphatic rings. The summed E-state index contributed by atoms with van der Waals surface area (Å²) in [6.45, 7) is 0. The van der Waals surface area contributed by atoms with Gasteiger partial charge in [-0.2, -0.15) is 0 Å². The van der Waals surface area contributed by atoms with Crippen molar-refractivity contribution in [3.63, 3.8) is 0 Å². The van der Waals surface area contributed by atoms with Gasteiger partial charge < -0.3 is 20.0 Å². The third kappa shape index (κ3) is 3.27. The van der Waals surface area contributed by atoms with Crippen LogP contribution in [0.25, 0.3) is 21.8 Å². The molecule has 0 saturated heterocycles. The topological polar surface area (TPSA) is 69.9 Å². The number of fused-ring (bicyclic) bond motifs is 4. The number of carbonyl (C=O) groups is 1. The number of hydrogen-bond acceptors (Lipinski definition) is 2. The lowest BCUT2D eigenvalue weighted by atomic mass is 9.91. The second-order valence-electron chi connectivity index (χ2n) is 7.80. The summed E-state index contributed by atoms with van der Waals surface area (Å²) in [5, 5.41) is 5.67. The van der Waals surface area contributed by atoms with Crippen molar-refractivity contribution in [2.75, 3.05) is 7.11 Å². The number of aromatic amines is 2. The number of ether oxygens (including phenoxy) is 1. The first-order valence-electron chi connectivity index (χ1n) is 10.3. The Kier molecular flexibility index (Phi) is 4.51. The van der Waals surface area contributed by atoms with Crippen molar-refractivity contribution in [2.45, 2.75) is 38.1 Å². The molecule has 148 valence electrons. The van der Waals surface area contributed by atoms with E-state index in [1.807, 2.05) is 24.4 Å². The molecule has 1 aliphatic carbocycles. The lowest BCUT2D eigenvalue weighted by Gasteiger charge is -2.24. The van der Waals surface area contributed by atoms with Crippen LogP contribution in [0.4, 0.5) is 0 Å². The summed E-state index contributed by atoms with van der Waals surface area (Å²) in [6.07, 6.45) is 6.31. The molecule has 0 aliphatic heterocycles. The second-order valence-corrected chi connectivity index (χ2v) is 7.80. The number of methoxy groups -OCH3 is 1. The Bertz CT molecular complexity index is 1190. The number of nitrogens with one attached hydrogen (secondary N) is 3. The van der Waals surface area contributed by atoms with E-state index in [1.54, 1.807) is 7.11 Å². The van der Waals surface area contributed by atoms with Crippen molar-refractivity contribution >= 4 is 27.7 Å². The smallest absolute Gasteiger partial charge is 0.220 e. The molecule has 5 heteroatoms. The molecule has 0 saturated carbocycles. The Morgan fingerprint density at radius 3 is 2.97 bits per heavy atom. The lowest BCUT2D eigenvalue weighted by molar-refractivity contribution is -0.121. The Balaban J connectivity index is 1.31. The van der Waals surface area contributed by atoms with E-state index in [0.29, 0.717) is 6.42 Å². The number of hydrogen-bond donors (Lipinski definition) is 3. The number of rotatable bonds is 5. The van der Waals surface area contributed by atoms with Crippen LogP contribution in [0.3, 0.4) is 0 Å². The van der Waals surface area contributed by atoms with Crippen molar-refractivity contribution in [2.24, 2.45) is 0 Å². The van der Waals surface area contributed by atoms with Crippen LogP contribution in [0.2, 0.25) is 0 Å². The van der Waals surface area contributed by atoms with Crippen molar-refractivity contribution in [1.29, 1.82) is 0 Å². The van der Waals surface area contributed by atoms with E-state index in [-0.39, 0.29) is 11.9 Å². The van der Waals surface area contributed by atoms with E-state index < -0.39 is 0 Å². The van der Waals surface area contributed by atoms with Gasteiger partial charge in [-0.15, -0.1) is 0 Å². The van der Waals surface area contributed by atoms with Gasteiger partial charge in [-0.1, -0.05) is 18.2 Å². The highest BCUT2D eigenvalue weighted by Crippen LogP contribution is 2.36. The summed E-state index contributed by atoms with van der Waals surface area (Å²) in [5.74, 6) is 0.966. The van der Waals surface area contributed by atoms with Gasteiger partial charge in [0.1, 0.15) is 5.75 Å². The van der Waals surface area contributed by atoms with Crippen molar-refractivity contribution in [3.05, 3.63) is 65.5 Å². The largest absolute Gasteiger partial charge is 0.497 e. The van der Waals surface area contributed by atoms with E-state index in [4.69, 9.17) is 4.74 Å². The first-order valence-corrected chi connectivity index (χ1v) is 10.3. The monoisotopic (exact) mass is 387 g/mol. The van der Waals surface area contributed by atoms with Gasteiger partial charge in [-0.05, 0) is 61.1 Å². The van der Waals surface area contributed by atoms with Gasteiger partial charge >= 0.3 is 0 Å². The van der Waals surface area contributed by atoms with Gasteiger partial charge in [-0.25, -0.2) is 0 Å². The van der Waals surface area contributed by atoms with Crippen molar-refractivity contribution in [3.8, 4) is 5.75 Å². The summed E-state index contributed by atoms with van der Waals surface area (Å²) in [6, 6.07) is 14.4. The zero-order chi connectivity index (χ0) is 19.8. The van der Waals surface area contributed by atoms with Gasteiger partial charge in [0.25, 0.3) is 0 Å². The fraction of sp³-hybridized carbons (Fsp3) is 0.292. The molecule has 2 aromatic heterocycles. The zero-order valence-corrected chi connectivity index (χ0v) is 16.5. The third-order valence-corrected chi connectivity index (χ3v) is 6.05. The highest BCUT2D eigenvalue weighted by atomic mass is 16.5. The molecule has 0 spiro atoms. The summed E-state index contributed by atoms with van der Waals surface area (Å²) in [5.41, 5.74) is 5.88. The highest BCUT2D eigenvalue weighted by molar-refractivity contribution is 5.87. The third-order valence-electron chi connectivity index (χ3n) is 6.05. The average Bonchev–Trinajstić information content (AvgIpc) is 3.34. The van der Waals surface area contributed by atoms with Crippen LogP contribution in [-0.2, 0) is 17.6 Å². The number of aromatic nitrogens is 2. The van der Waals surface area contributed by atoms with Gasteiger partial charge in [-0.3, -0.25) is 4.79 Å². The average molecular weight is 387 g/mol. The number of H-pyrrole nitrogens is 2. The molecule has 0 unspecified atom stereocenters. The predicted molar refractivity (Wildman–Crippen MR) is 115 cm³/mol. The predicted octanol–water partition coefficient (Wildman–Crippen LogP) is 4.78. The van der Waals surface area contributed by atoms with Crippen LogP contribution >= 0.6 is 0 Å². The fourth-order valence-corrected chi connectivity index (χ4v) is 4.57. The molecular formula is C24H25N3O2. The molecule has 3 N–H and O–H groups in total. The fourth-order valence-electron chi connectivity index (χ4n) is 4.57. The number of aryl methyl sites for hydroxylation is 2. The number of benzene rings is 2. The van der Waals surface area contributed by atoms with Gasteiger partial charge in [0.2, 0.25) is 5.91 Å². The number of amides is 1. The molecule has 4 aromatic rings. The molecule has 2 aromatic carbocycles. The van der Waals surface area contributed by atoms with Crippen LogP contribution in [0, 0.1) is 0 Å². The van der Waals surface area contributed by atoms with E-state index >= 15 is 0 Å².